The number of carbonyl (C=O) groups is 1. The third-order valence-electron chi connectivity index (χ3n) is 9.87. The second-order valence-corrected chi connectivity index (χ2v) is 12.7. The number of alkyl halides is 2. The summed E-state index contributed by atoms with van der Waals surface area (Å²) in [5.74, 6) is -1.69. The van der Waals surface area contributed by atoms with Gasteiger partial charge in [-0.2, -0.15) is 0 Å². The van der Waals surface area contributed by atoms with Gasteiger partial charge >= 0.3 is 5.97 Å². The molecule has 6 nitrogen and oxygen atoms in total. The summed E-state index contributed by atoms with van der Waals surface area (Å²) in [4.78, 5) is 16.5. The number of halogens is 4. The number of aliphatic carboxylic acids is 1. The molecular formula is C37H45F4N3O3. The van der Waals surface area contributed by atoms with Gasteiger partial charge in [0.15, 0.2) is 0 Å². The van der Waals surface area contributed by atoms with Crippen molar-refractivity contribution in [3.63, 3.8) is 0 Å². The van der Waals surface area contributed by atoms with E-state index in [1.54, 1.807) is 12.1 Å². The summed E-state index contributed by atoms with van der Waals surface area (Å²) in [5, 5.41) is 9.09. The lowest BCUT2D eigenvalue weighted by atomic mass is 9.71. The molecule has 0 aliphatic carbocycles. The topological polar surface area (TPSA) is 56.3 Å². The number of ether oxygens (including phenoxy) is 1. The van der Waals surface area contributed by atoms with Gasteiger partial charge in [0, 0.05) is 30.9 Å². The fourth-order valence-corrected chi connectivity index (χ4v) is 7.33. The van der Waals surface area contributed by atoms with Gasteiger partial charge in [0.05, 0.1) is 19.1 Å². The highest BCUT2D eigenvalue weighted by atomic mass is 19.3. The van der Waals surface area contributed by atoms with E-state index in [9.17, 15) is 13.6 Å². The zero-order valence-corrected chi connectivity index (χ0v) is 27.2. The predicted molar refractivity (Wildman–Crippen MR) is 175 cm³/mol. The van der Waals surface area contributed by atoms with Crippen molar-refractivity contribution in [2.75, 3.05) is 50.7 Å². The average Bonchev–Trinajstić information content (AvgIpc) is 3.06. The summed E-state index contributed by atoms with van der Waals surface area (Å²) in [6.45, 7) is 6.84. The van der Waals surface area contributed by atoms with Crippen LogP contribution in [0.25, 0.3) is 0 Å². The second kappa shape index (κ2) is 15.5. The summed E-state index contributed by atoms with van der Waals surface area (Å²) in [6, 6.07) is 16.7. The van der Waals surface area contributed by atoms with Crippen molar-refractivity contribution < 1.29 is 32.2 Å². The van der Waals surface area contributed by atoms with Crippen LogP contribution in [-0.4, -0.2) is 73.1 Å². The standard InChI is InChI=1S/C35H39F4N3O3.C2H6/c36-29-19-26(41-16-11-35(12-17-41)9-14-40(15-10-35)22-32(43)44)20-30(37)33(29)34-28-7-6-27(45-23-24-4-2-1-3-5-24)18-25(28)8-13-42(34)21-31(38)39;1-2/h1-7,18-20,31,34H,8-17,21-23H2,(H,43,44);1-2H3. The van der Waals surface area contributed by atoms with Gasteiger partial charge in [-0.05, 0) is 91.6 Å². The molecule has 1 atom stereocenters. The predicted octanol–water partition coefficient (Wildman–Crippen LogP) is 7.55. The minimum atomic E-state index is -2.65. The van der Waals surface area contributed by atoms with Crippen molar-refractivity contribution in [2.45, 2.75) is 65.0 Å². The van der Waals surface area contributed by atoms with Crippen LogP contribution in [0.15, 0.2) is 60.7 Å². The van der Waals surface area contributed by atoms with E-state index in [1.807, 2.05) is 60.0 Å². The van der Waals surface area contributed by atoms with Crippen molar-refractivity contribution in [1.29, 1.82) is 0 Å². The Balaban J connectivity index is 0.00000213. The van der Waals surface area contributed by atoms with E-state index in [0.29, 0.717) is 43.1 Å². The van der Waals surface area contributed by atoms with Crippen LogP contribution in [-0.2, 0) is 17.8 Å². The molecule has 2 saturated heterocycles. The molecule has 2 fully saturated rings. The Labute approximate surface area is 274 Å². The number of hydrogen-bond donors (Lipinski definition) is 1. The van der Waals surface area contributed by atoms with Gasteiger partial charge in [-0.3, -0.25) is 14.6 Å². The number of benzene rings is 3. The smallest absolute Gasteiger partial charge is 0.317 e. The van der Waals surface area contributed by atoms with Crippen LogP contribution < -0.4 is 9.64 Å². The molecule has 0 radical (unpaired) electrons. The van der Waals surface area contributed by atoms with Gasteiger partial charge in [-0.1, -0.05) is 50.2 Å². The number of fused-ring (bicyclic) bond motifs is 1. The Bertz CT molecular complexity index is 1460. The van der Waals surface area contributed by atoms with Crippen LogP contribution in [0.3, 0.4) is 0 Å². The van der Waals surface area contributed by atoms with E-state index in [0.717, 1.165) is 49.9 Å². The lowest BCUT2D eigenvalue weighted by molar-refractivity contribution is -0.139. The molecule has 1 unspecified atom stereocenters. The highest BCUT2D eigenvalue weighted by Crippen LogP contribution is 2.44. The van der Waals surface area contributed by atoms with E-state index in [4.69, 9.17) is 9.84 Å². The third-order valence-corrected chi connectivity index (χ3v) is 9.87. The molecule has 47 heavy (non-hydrogen) atoms. The Hall–Kier alpha value is -3.63. The monoisotopic (exact) mass is 655 g/mol. The largest absolute Gasteiger partial charge is 0.489 e. The summed E-state index contributed by atoms with van der Waals surface area (Å²) in [7, 11) is 0. The maximum Gasteiger partial charge on any atom is 0.317 e. The first-order valence-corrected chi connectivity index (χ1v) is 16.7. The van der Waals surface area contributed by atoms with Crippen molar-refractivity contribution >= 4 is 11.7 Å². The number of carboxylic acid groups (broad SMARTS) is 1. The van der Waals surface area contributed by atoms with Crippen LogP contribution >= 0.6 is 0 Å². The summed E-state index contributed by atoms with van der Waals surface area (Å²) < 4.78 is 65.3. The molecule has 0 amide bonds. The van der Waals surface area contributed by atoms with Gasteiger partial charge in [-0.15, -0.1) is 0 Å². The van der Waals surface area contributed by atoms with E-state index >= 15 is 8.78 Å². The van der Waals surface area contributed by atoms with E-state index in [-0.39, 0.29) is 24.1 Å². The van der Waals surface area contributed by atoms with Crippen LogP contribution in [0.1, 0.15) is 67.8 Å². The Kier molecular flexibility index (Phi) is 11.5. The van der Waals surface area contributed by atoms with Crippen molar-refractivity contribution in [1.82, 2.24) is 9.80 Å². The molecule has 1 N–H and O–H groups in total. The Morgan fingerprint density at radius 2 is 1.55 bits per heavy atom. The molecule has 1 spiro atoms. The van der Waals surface area contributed by atoms with Gasteiger partial charge in [-0.25, -0.2) is 17.6 Å². The van der Waals surface area contributed by atoms with Crippen LogP contribution in [0.2, 0.25) is 0 Å². The first kappa shape index (κ1) is 34.7. The highest BCUT2D eigenvalue weighted by Gasteiger charge is 2.39. The molecule has 3 heterocycles. The van der Waals surface area contributed by atoms with Gasteiger partial charge in [0.1, 0.15) is 24.0 Å². The first-order chi connectivity index (χ1) is 22.7. The number of rotatable bonds is 9. The molecule has 3 aromatic carbocycles. The normalized spacial score (nSPS) is 19.6. The minimum Gasteiger partial charge on any atom is -0.489 e. The first-order valence-electron chi connectivity index (χ1n) is 16.7. The zero-order valence-electron chi connectivity index (χ0n) is 27.2. The zero-order chi connectivity index (χ0) is 33.6. The van der Waals surface area contributed by atoms with Crippen molar-refractivity contribution in [3.8, 4) is 5.75 Å². The van der Waals surface area contributed by atoms with Gasteiger partial charge in [0.2, 0.25) is 0 Å². The molecule has 0 aromatic heterocycles. The van der Waals surface area contributed by atoms with E-state index < -0.39 is 36.6 Å². The minimum absolute atomic E-state index is 0.0521. The third kappa shape index (κ3) is 8.27. The summed E-state index contributed by atoms with van der Waals surface area (Å²) in [5.41, 5.74) is 2.80. The van der Waals surface area contributed by atoms with E-state index in [1.165, 1.54) is 17.0 Å². The molecule has 0 bridgehead atoms. The van der Waals surface area contributed by atoms with Crippen LogP contribution in [0.4, 0.5) is 23.2 Å². The van der Waals surface area contributed by atoms with Crippen molar-refractivity contribution in [3.05, 3.63) is 94.6 Å². The quantitative estimate of drug-likeness (QED) is 0.241. The molecule has 10 heteroatoms. The Morgan fingerprint density at radius 3 is 2.17 bits per heavy atom. The molecule has 254 valence electrons. The van der Waals surface area contributed by atoms with Crippen LogP contribution in [0.5, 0.6) is 5.75 Å². The highest BCUT2D eigenvalue weighted by molar-refractivity contribution is 5.69. The molecule has 6 rings (SSSR count). The number of likely N-dealkylation sites (tertiary alicyclic amines) is 1. The maximum absolute atomic E-state index is 16.0. The fraction of sp³-hybridized carbons (Fsp3) is 0.486. The molecule has 3 aromatic rings. The van der Waals surface area contributed by atoms with E-state index in [2.05, 4.69) is 0 Å². The molecule has 3 aliphatic heterocycles. The van der Waals surface area contributed by atoms with Gasteiger partial charge < -0.3 is 14.7 Å². The Morgan fingerprint density at radius 1 is 0.915 bits per heavy atom. The molecular weight excluding hydrogens is 610 g/mol. The summed E-state index contributed by atoms with van der Waals surface area (Å²) >= 11 is 0. The number of piperidine rings is 2. The lowest BCUT2D eigenvalue weighted by Crippen LogP contribution is -2.47. The van der Waals surface area contributed by atoms with Crippen molar-refractivity contribution in [2.24, 2.45) is 5.41 Å². The molecule has 3 aliphatic rings. The lowest BCUT2D eigenvalue weighted by Gasteiger charge is -2.47. The van der Waals surface area contributed by atoms with Gasteiger partial charge in [0.25, 0.3) is 6.43 Å². The number of hydrogen-bond acceptors (Lipinski definition) is 5. The summed E-state index contributed by atoms with van der Waals surface area (Å²) in [6.07, 6.45) is 1.37. The number of anilines is 1. The van der Waals surface area contributed by atoms with Crippen LogP contribution in [0, 0.1) is 17.0 Å². The average molecular weight is 656 g/mol. The molecule has 0 saturated carbocycles. The number of nitrogens with zero attached hydrogens (tertiary/aromatic N) is 3. The fourth-order valence-electron chi connectivity index (χ4n) is 7.33. The number of carboxylic acids is 1. The maximum atomic E-state index is 16.0. The SMILES string of the molecule is CC.O=C(O)CN1CCC2(CC1)CCN(c1cc(F)c(C3c4ccc(OCc5ccccc5)cc4CCN3CC(F)F)c(F)c1)CC2. The second-order valence-electron chi connectivity index (χ2n) is 12.7.